The number of tetrazole rings is 1. The third-order valence-electron chi connectivity index (χ3n) is 4.92. The van der Waals surface area contributed by atoms with Gasteiger partial charge < -0.3 is 15.4 Å². The first-order chi connectivity index (χ1) is 14.4. The van der Waals surface area contributed by atoms with E-state index in [4.69, 9.17) is 4.74 Å². The lowest BCUT2D eigenvalue weighted by molar-refractivity contribution is -0.113. The molecule has 1 unspecified atom stereocenters. The van der Waals surface area contributed by atoms with Crippen LogP contribution in [0.3, 0.4) is 0 Å². The fourth-order valence-corrected chi connectivity index (χ4v) is 3.52. The molecule has 1 amide bonds. The second-order valence-corrected chi connectivity index (χ2v) is 7.52. The molecule has 8 heteroatoms. The van der Waals surface area contributed by atoms with Gasteiger partial charge in [0, 0.05) is 11.4 Å². The largest absolute Gasteiger partial charge is 0.491 e. The first-order valence-corrected chi connectivity index (χ1v) is 9.83. The van der Waals surface area contributed by atoms with Crippen molar-refractivity contribution in [1.29, 1.82) is 0 Å². The smallest absolute Gasteiger partial charge is 0.255 e. The number of nitrogens with zero attached hydrogens (tertiary/aromatic N) is 4. The normalized spacial score (nSPS) is 15.6. The zero-order valence-corrected chi connectivity index (χ0v) is 17.4. The Hall–Kier alpha value is -3.68. The van der Waals surface area contributed by atoms with E-state index < -0.39 is 6.04 Å². The van der Waals surface area contributed by atoms with Crippen LogP contribution in [0.2, 0.25) is 0 Å². The molecule has 8 nitrogen and oxygen atoms in total. The summed E-state index contributed by atoms with van der Waals surface area (Å²) in [7, 11) is 0. The Balaban J connectivity index is 1.72. The predicted octanol–water partition coefficient (Wildman–Crippen LogP) is 3.70. The number of fused-ring (bicyclic) bond motifs is 1. The van der Waals surface area contributed by atoms with Crippen molar-refractivity contribution in [2.24, 2.45) is 0 Å². The monoisotopic (exact) mass is 404 g/mol. The second kappa shape index (κ2) is 7.98. The lowest BCUT2D eigenvalue weighted by atomic mass is 9.95. The highest BCUT2D eigenvalue weighted by Gasteiger charge is 2.34. The van der Waals surface area contributed by atoms with Crippen LogP contribution in [0.15, 0.2) is 59.8 Å². The number of allylic oxidation sites excluding steroid dienone is 1. The first kappa shape index (κ1) is 19.6. The van der Waals surface area contributed by atoms with Crippen LogP contribution in [0.25, 0.3) is 0 Å². The Kier molecular flexibility index (Phi) is 5.22. The van der Waals surface area contributed by atoms with Gasteiger partial charge in [-0.3, -0.25) is 4.79 Å². The zero-order chi connectivity index (χ0) is 21.3. The quantitative estimate of drug-likeness (QED) is 0.673. The number of nitrogens with one attached hydrogen (secondary N) is 2. The average Bonchev–Trinajstić information content (AvgIpc) is 3.17. The Morgan fingerprint density at radius 1 is 1.13 bits per heavy atom. The maximum absolute atomic E-state index is 13.3. The zero-order valence-electron chi connectivity index (χ0n) is 17.4. The minimum atomic E-state index is -0.464. The van der Waals surface area contributed by atoms with Crippen molar-refractivity contribution in [2.45, 2.75) is 39.8 Å². The number of aryl methyl sites for hydroxylation is 1. The molecular formula is C22H24N6O2. The summed E-state index contributed by atoms with van der Waals surface area (Å²) in [5.74, 6) is 1.06. The highest BCUT2D eigenvalue weighted by molar-refractivity contribution is 6.06. The maximum atomic E-state index is 13.3. The number of amides is 1. The topological polar surface area (TPSA) is 94.0 Å². The SMILES string of the molecule is CC1=C(C(=O)Nc2ccccc2C)C(c2ccc(OC(C)C)cc2)n2nnnc2N1. The van der Waals surface area contributed by atoms with Crippen LogP contribution >= 0.6 is 0 Å². The van der Waals surface area contributed by atoms with Gasteiger partial charge in [0.05, 0.1) is 11.7 Å². The fraction of sp³-hybridized carbons (Fsp3) is 0.273. The van der Waals surface area contributed by atoms with Gasteiger partial charge in [-0.1, -0.05) is 35.4 Å². The number of benzene rings is 2. The first-order valence-electron chi connectivity index (χ1n) is 9.83. The van der Waals surface area contributed by atoms with Gasteiger partial charge in [-0.15, -0.1) is 0 Å². The van der Waals surface area contributed by atoms with Gasteiger partial charge in [0.15, 0.2) is 0 Å². The molecule has 2 heterocycles. The Morgan fingerprint density at radius 3 is 2.57 bits per heavy atom. The molecule has 4 rings (SSSR count). The summed E-state index contributed by atoms with van der Waals surface area (Å²) < 4.78 is 7.37. The van der Waals surface area contributed by atoms with Crippen molar-refractivity contribution < 1.29 is 9.53 Å². The van der Waals surface area contributed by atoms with Gasteiger partial charge in [-0.2, -0.15) is 4.68 Å². The number of carbonyl (C=O) groups excluding carboxylic acids is 1. The molecule has 0 radical (unpaired) electrons. The molecule has 0 saturated carbocycles. The maximum Gasteiger partial charge on any atom is 0.255 e. The number of rotatable bonds is 5. The van der Waals surface area contributed by atoms with Crippen LogP contribution in [-0.2, 0) is 4.79 Å². The van der Waals surface area contributed by atoms with Crippen LogP contribution < -0.4 is 15.4 Å². The van der Waals surface area contributed by atoms with Gasteiger partial charge in [0.1, 0.15) is 11.8 Å². The highest BCUT2D eigenvalue weighted by Crippen LogP contribution is 2.35. The predicted molar refractivity (Wildman–Crippen MR) is 114 cm³/mol. The minimum absolute atomic E-state index is 0.0819. The third-order valence-corrected chi connectivity index (χ3v) is 4.92. The lowest BCUT2D eigenvalue weighted by Crippen LogP contribution is -2.31. The van der Waals surface area contributed by atoms with Gasteiger partial charge in [-0.25, -0.2) is 0 Å². The fourth-order valence-electron chi connectivity index (χ4n) is 3.52. The van der Waals surface area contributed by atoms with Gasteiger partial charge >= 0.3 is 0 Å². The number of carbonyl (C=O) groups is 1. The van der Waals surface area contributed by atoms with Gasteiger partial charge in [0.25, 0.3) is 5.91 Å². The van der Waals surface area contributed by atoms with E-state index in [-0.39, 0.29) is 12.0 Å². The van der Waals surface area contributed by atoms with Crippen molar-refractivity contribution in [1.82, 2.24) is 20.2 Å². The Bertz CT molecular complexity index is 1100. The van der Waals surface area contributed by atoms with Gasteiger partial charge in [-0.05, 0) is 67.4 Å². The van der Waals surface area contributed by atoms with Crippen molar-refractivity contribution in [3.05, 3.63) is 70.9 Å². The van der Waals surface area contributed by atoms with Gasteiger partial charge in [0.2, 0.25) is 5.95 Å². The summed E-state index contributed by atoms with van der Waals surface area (Å²) in [6, 6.07) is 14.9. The number of hydrogen-bond acceptors (Lipinski definition) is 6. The van der Waals surface area contributed by atoms with Crippen LogP contribution in [-0.4, -0.2) is 32.2 Å². The van der Waals surface area contributed by atoms with Crippen LogP contribution in [0.5, 0.6) is 5.75 Å². The van der Waals surface area contributed by atoms with Crippen molar-refractivity contribution in [2.75, 3.05) is 10.6 Å². The van der Waals surface area contributed by atoms with Crippen LogP contribution in [0, 0.1) is 6.92 Å². The summed E-state index contributed by atoms with van der Waals surface area (Å²) in [5.41, 5.74) is 3.90. The molecule has 1 atom stereocenters. The Morgan fingerprint density at radius 2 is 1.87 bits per heavy atom. The Labute approximate surface area is 174 Å². The van der Waals surface area contributed by atoms with Crippen molar-refractivity contribution in [3.8, 4) is 5.75 Å². The molecule has 0 aliphatic carbocycles. The molecule has 1 aliphatic rings. The third kappa shape index (κ3) is 3.76. The molecule has 154 valence electrons. The van der Waals surface area contributed by atoms with E-state index >= 15 is 0 Å². The molecule has 1 aromatic heterocycles. The minimum Gasteiger partial charge on any atom is -0.491 e. The summed E-state index contributed by atoms with van der Waals surface area (Å²) >= 11 is 0. The van der Waals surface area contributed by atoms with Crippen molar-refractivity contribution in [3.63, 3.8) is 0 Å². The molecule has 2 aromatic carbocycles. The van der Waals surface area contributed by atoms with E-state index in [1.165, 1.54) is 0 Å². The number of anilines is 2. The molecule has 0 spiro atoms. The molecule has 0 fully saturated rings. The summed E-state index contributed by atoms with van der Waals surface area (Å²) in [4.78, 5) is 13.3. The lowest BCUT2D eigenvalue weighted by Gasteiger charge is -2.28. The van der Waals surface area contributed by atoms with E-state index in [0.717, 1.165) is 22.6 Å². The number of hydrogen-bond donors (Lipinski definition) is 2. The van der Waals surface area contributed by atoms with E-state index in [0.29, 0.717) is 17.2 Å². The van der Waals surface area contributed by atoms with E-state index in [1.54, 1.807) is 4.68 Å². The van der Waals surface area contributed by atoms with Crippen LogP contribution in [0.4, 0.5) is 11.6 Å². The van der Waals surface area contributed by atoms with E-state index in [9.17, 15) is 4.79 Å². The molecule has 1 aliphatic heterocycles. The number of aromatic nitrogens is 4. The molecule has 0 saturated heterocycles. The molecule has 2 N–H and O–H groups in total. The summed E-state index contributed by atoms with van der Waals surface area (Å²) in [5, 5.41) is 18.1. The van der Waals surface area contributed by atoms with E-state index in [1.807, 2.05) is 76.2 Å². The molecule has 0 bridgehead atoms. The standard InChI is InChI=1S/C22H24N6O2/c1-13(2)30-17-11-9-16(10-12-17)20-19(15(4)23-22-25-26-27-28(20)22)21(29)24-18-8-6-5-7-14(18)3/h5-13,20H,1-4H3,(H,24,29)(H,23,25,27). The molecule has 3 aromatic rings. The van der Waals surface area contributed by atoms with Crippen molar-refractivity contribution >= 4 is 17.5 Å². The molecule has 30 heavy (non-hydrogen) atoms. The molecular weight excluding hydrogens is 380 g/mol. The second-order valence-electron chi connectivity index (χ2n) is 7.52. The number of ether oxygens (including phenoxy) is 1. The number of para-hydroxylation sites is 1. The summed E-state index contributed by atoms with van der Waals surface area (Å²) in [6.45, 7) is 7.77. The highest BCUT2D eigenvalue weighted by atomic mass is 16.5. The summed E-state index contributed by atoms with van der Waals surface area (Å²) in [6.07, 6.45) is 0.0819. The van der Waals surface area contributed by atoms with E-state index in [2.05, 4.69) is 26.2 Å². The average molecular weight is 404 g/mol. The van der Waals surface area contributed by atoms with Crippen LogP contribution in [0.1, 0.15) is 37.9 Å².